The summed E-state index contributed by atoms with van der Waals surface area (Å²) >= 11 is 5.78. The summed E-state index contributed by atoms with van der Waals surface area (Å²) in [5.74, 6) is 0.119. The highest BCUT2D eigenvalue weighted by Crippen LogP contribution is 2.33. The van der Waals surface area contributed by atoms with E-state index in [4.69, 9.17) is 16.3 Å². The Kier molecular flexibility index (Phi) is 3.49. The van der Waals surface area contributed by atoms with Crippen LogP contribution in [0.4, 0.5) is 5.69 Å². The maximum absolute atomic E-state index is 10.8. The van der Waals surface area contributed by atoms with Crippen molar-refractivity contribution in [3.63, 3.8) is 0 Å². The number of halogens is 1. The standard InChI is InChI=1S/C11H12ClNO4/c12-7-4-5-8(13(15)16)11(6-7)17-10-3-1-2-9(10)14/h4-6,9-10,14H,1-3H2/t9-,10-/m0/s1. The molecule has 1 aliphatic rings. The van der Waals surface area contributed by atoms with Crippen molar-refractivity contribution in [2.45, 2.75) is 31.5 Å². The fourth-order valence-electron chi connectivity index (χ4n) is 1.94. The van der Waals surface area contributed by atoms with Gasteiger partial charge in [0.2, 0.25) is 0 Å². The smallest absolute Gasteiger partial charge is 0.311 e. The summed E-state index contributed by atoms with van der Waals surface area (Å²) in [6.45, 7) is 0. The number of hydrogen-bond acceptors (Lipinski definition) is 4. The van der Waals surface area contributed by atoms with Crippen LogP contribution in [0.3, 0.4) is 0 Å². The van der Waals surface area contributed by atoms with E-state index in [0.717, 1.165) is 6.42 Å². The largest absolute Gasteiger partial charge is 0.481 e. The fraction of sp³-hybridized carbons (Fsp3) is 0.455. The highest BCUT2D eigenvalue weighted by Gasteiger charge is 2.29. The Balaban J connectivity index is 2.24. The minimum Gasteiger partial charge on any atom is -0.481 e. The average molecular weight is 258 g/mol. The summed E-state index contributed by atoms with van der Waals surface area (Å²) in [6.07, 6.45) is 1.28. The van der Waals surface area contributed by atoms with Gasteiger partial charge in [-0.15, -0.1) is 0 Å². The van der Waals surface area contributed by atoms with E-state index in [9.17, 15) is 15.2 Å². The van der Waals surface area contributed by atoms with E-state index in [0.29, 0.717) is 17.9 Å². The van der Waals surface area contributed by atoms with Crippen molar-refractivity contribution in [2.75, 3.05) is 0 Å². The van der Waals surface area contributed by atoms with Crippen molar-refractivity contribution in [1.82, 2.24) is 0 Å². The Morgan fingerprint density at radius 3 is 2.82 bits per heavy atom. The Labute approximate surface area is 103 Å². The van der Waals surface area contributed by atoms with Crippen molar-refractivity contribution < 1.29 is 14.8 Å². The number of nitro groups is 1. The molecule has 1 aromatic rings. The highest BCUT2D eigenvalue weighted by atomic mass is 35.5. The van der Waals surface area contributed by atoms with Crippen LogP contribution in [0.25, 0.3) is 0 Å². The lowest BCUT2D eigenvalue weighted by Gasteiger charge is -2.16. The molecular formula is C11H12ClNO4. The Morgan fingerprint density at radius 1 is 1.47 bits per heavy atom. The zero-order valence-electron chi connectivity index (χ0n) is 9.01. The molecular weight excluding hydrogens is 246 g/mol. The SMILES string of the molecule is O=[N+]([O-])c1ccc(Cl)cc1O[C@H]1CCC[C@@H]1O. The lowest BCUT2D eigenvalue weighted by Crippen LogP contribution is -2.25. The predicted molar refractivity (Wildman–Crippen MR) is 62.4 cm³/mol. The number of nitro benzene ring substituents is 1. The van der Waals surface area contributed by atoms with Crippen LogP contribution in [0.2, 0.25) is 5.02 Å². The summed E-state index contributed by atoms with van der Waals surface area (Å²) in [5, 5.41) is 20.8. The van der Waals surface area contributed by atoms with Gasteiger partial charge in [0, 0.05) is 17.2 Å². The molecule has 1 N–H and O–H groups in total. The molecule has 5 nitrogen and oxygen atoms in total. The van der Waals surface area contributed by atoms with E-state index in [1.54, 1.807) is 0 Å². The van der Waals surface area contributed by atoms with Gasteiger partial charge in [-0.3, -0.25) is 10.1 Å². The van der Waals surface area contributed by atoms with Crippen LogP contribution in [0.5, 0.6) is 5.75 Å². The minimum atomic E-state index is -0.561. The topological polar surface area (TPSA) is 72.6 Å². The Bertz CT molecular complexity index is 437. The zero-order valence-corrected chi connectivity index (χ0v) is 9.76. The first-order valence-corrected chi connectivity index (χ1v) is 5.74. The molecule has 2 atom stereocenters. The van der Waals surface area contributed by atoms with Gasteiger partial charge in [-0.2, -0.15) is 0 Å². The molecule has 0 aliphatic heterocycles. The summed E-state index contributed by atoms with van der Waals surface area (Å²) in [7, 11) is 0. The monoisotopic (exact) mass is 257 g/mol. The summed E-state index contributed by atoms with van der Waals surface area (Å²) < 4.78 is 5.48. The van der Waals surface area contributed by atoms with Crippen molar-refractivity contribution >= 4 is 17.3 Å². The van der Waals surface area contributed by atoms with E-state index in [-0.39, 0.29) is 17.5 Å². The van der Waals surface area contributed by atoms with E-state index < -0.39 is 11.0 Å². The second-order valence-corrected chi connectivity index (χ2v) is 4.46. The van der Waals surface area contributed by atoms with Gasteiger partial charge in [0.05, 0.1) is 11.0 Å². The first-order chi connectivity index (χ1) is 8.08. The van der Waals surface area contributed by atoms with Gasteiger partial charge in [-0.1, -0.05) is 11.6 Å². The van der Waals surface area contributed by atoms with Crippen LogP contribution >= 0.6 is 11.6 Å². The third kappa shape index (κ3) is 2.68. The summed E-state index contributed by atoms with van der Waals surface area (Å²) in [4.78, 5) is 10.3. The van der Waals surface area contributed by atoms with E-state index in [2.05, 4.69) is 0 Å². The fourth-order valence-corrected chi connectivity index (χ4v) is 2.10. The molecule has 0 radical (unpaired) electrons. The van der Waals surface area contributed by atoms with Crippen molar-refractivity contribution in [3.05, 3.63) is 33.3 Å². The summed E-state index contributed by atoms with van der Waals surface area (Å²) in [5.41, 5.74) is -0.131. The third-order valence-corrected chi connectivity index (χ3v) is 3.05. The number of nitrogens with zero attached hydrogens (tertiary/aromatic N) is 1. The Morgan fingerprint density at radius 2 is 2.24 bits per heavy atom. The molecule has 0 heterocycles. The molecule has 92 valence electrons. The highest BCUT2D eigenvalue weighted by molar-refractivity contribution is 6.30. The first-order valence-electron chi connectivity index (χ1n) is 5.36. The molecule has 1 aromatic carbocycles. The number of ether oxygens (including phenoxy) is 1. The van der Waals surface area contributed by atoms with Crippen LogP contribution in [-0.2, 0) is 0 Å². The van der Waals surface area contributed by atoms with Gasteiger partial charge in [-0.25, -0.2) is 0 Å². The zero-order chi connectivity index (χ0) is 12.4. The molecule has 0 amide bonds. The molecule has 0 spiro atoms. The second kappa shape index (κ2) is 4.89. The molecule has 0 unspecified atom stereocenters. The first kappa shape index (κ1) is 12.1. The number of rotatable bonds is 3. The summed E-state index contributed by atoms with van der Waals surface area (Å²) in [6, 6.07) is 4.15. The van der Waals surface area contributed by atoms with Gasteiger partial charge in [-0.05, 0) is 25.3 Å². The van der Waals surface area contributed by atoms with E-state index in [1.165, 1.54) is 18.2 Å². The number of benzene rings is 1. The normalized spacial score (nSPS) is 23.6. The molecule has 1 aliphatic carbocycles. The van der Waals surface area contributed by atoms with Crippen LogP contribution in [-0.4, -0.2) is 22.2 Å². The maximum Gasteiger partial charge on any atom is 0.311 e. The van der Waals surface area contributed by atoms with Crippen molar-refractivity contribution in [1.29, 1.82) is 0 Å². The van der Waals surface area contributed by atoms with E-state index in [1.807, 2.05) is 0 Å². The van der Waals surface area contributed by atoms with Crippen LogP contribution in [0, 0.1) is 10.1 Å². The van der Waals surface area contributed by atoms with Crippen LogP contribution in [0.1, 0.15) is 19.3 Å². The molecule has 1 saturated carbocycles. The Hall–Kier alpha value is -1.33. The van der Waals surface area contributed by atoms with E-state index >= 15 is 0 Å². The van der Waals surface area contributed by atoms with Crippen molar-refractivity contribution in [2.24, 2.45) is 0 Å². The van der Waals surface area contributed by atoms with Gasteiger partial charge in [0.25, 0.3) is 0 Å². The molecule has 1 fully saturated rings. The van der Waals surface area contributed by atoms with Gasteiger partial charge in [0.1, 0.15) is 6.10 Å². The van der Waals surface area contributed by atoms with Crippen molar-refractivity contribution in [3.8, 4) is 5.75 Å². The number of hydrogen-bond donors (Lipinski definition) is 1. The number of aliphatic hydroxyl groups is 1. The van der Waals surface area contributed by atoms with Gasteiger partial charge < -0.3 is 9.84 Å². The second-order valence-electron chi connectivity index (χ2n) is 4.02. The quantitative estimate of drug-likeness (QED) is 0.667. The lowest BCUT2D eigenvalue weighted by molar-refractivity contribution is -0.386. The molecule has 0 bridgehead atoms. The molecule has 6 heteroatoms. The molecule has 17 heavy (non-hydrogen) atoms. The van der Waals surface area contributed by atoms with Gasteiger partial charge in [0.15, 0.2) is 5.75 Å². The van der Waals surface area contributed by atoms with Crippen LogP contribution in [0.15, 0.2) is 18.2 Å². The van der Waals surface area contributed by atoms with Crippen LogP contribution < -0.4 is 4.74 Å². The average Bonchev–Trinajstić information content (AvgIpc) is 2.64. The minimum absolute atomic E-state index is 0.119. The van der Waals surface area contributed by atoms with Gasteiger partial charge >= 0.3 is 5.69 Å². The lowest BCUT2D eigenvalue weighted by atomic mass is 10.2. The third-order valence-electron chi connectivity index (χ3n) is 2.81. The number of aliphatic hydroxyl groups excluding tert-OH is 1. The predicted octanol–water partition coefficient (Wildman–Crippen LogP) is 2.54. The molecule has 2 rings (SSSR count). The molecule has 0 aromatic heterocycles. The maximum atomic E-state index is 10.8. The molecule has 0 saturated heterocycles.